The fourth-order valence-electron chi connectivity index (χ4n) is 6.63. The van der Waals surface area contributed by atoms with E-state index < -0.39 is 23.1 Å². The topological polar surface area (TPSA) is 119 Å². The van der Waals surface area contributed by atoms with Crippen molar-refractivity contribution >= 4 is 64.1 Å². The first kappa shape index (κ1) is 30.0. The molecule has 4 aliphatic heterocycles. The first-order valence-electron chi connectivity index (χ1n) is 15.2. The number of carbonyl (C=O) groups excluding carboxylic acids is 5. The second-order valence-electron chi connectivity index (χ2n) is 12.1. The summed E-state index contributed by atoms with van der Waals surface area (Å²) in [6.45, 7) is 4.76. The van der Waals surface area contributed by atoms with Crippen LogP contribution >= 0.6 is 23.5 Å². The molecular weight excluding hydrogens is 613 g/mol. The number of thioether (sulfide) groups is 2. The summed E-state index contributed by atoms with van der Waals surface area (Å²) in [5, 5.41) is 3.34. The van der Waals surface area contributed by atoms with Crippen LogP contribution in [-0.2, 0) is 23.9 Å². The highest BCUT2D eigenvalue weighted by Crippen LogP contribution is 2.48. The predicted octanol–water partition coefficient (Wildman–Crippen LogP) is 4.27. The van der Waals surface area contributed by atoms with Crippen LogP contribution in [0, 0.1) is 0 Å². The molecule has 8 rings (SSSR count). The highest BCUT2D eigenvalue weighted by molar-refractivity contribution is 8.04. The van der Waals surface area contributed by atoms with Crippen LogP contribution in [0.2, 0.25) is 0 Å². The molecule has 0 saturated carbocycles. The fourth-order valence-corrected chi connectivity index (χ4v) is 9.15. The zero-order valence-electron chi connectivity index (χ0n) is 24.8. The highest BCUT2D eigenvalue weighted by atomic mass is 32.2. The van der Waals surface area contributed by atoms with E-state index in [1.54, 1.807) is 31.2 Å². The quantitative estimate of drug-likeness (QED) is 0.417. The van der Waals surface area contributed by atoms with E-state index in [1.165, 1.54) is 23.5 Å². The van der Waals surface area contributed by atoms with Gasteiger partial charge in [-0.25, -0.2) is 0 Å². The van der Waals surface area contributed by atoms with Gasteiger partial charge in [-0.15, -0.1) is 23.5 Å². The standard InChI is InChI=1S/C18H17NO4S.C16H15NO3S/c1-11(20)19-8-6-18(7-9-19)10-24-17-15(22)14(21)12-4-2-3-5-13(12)16(17)23-18;18-12-10-3-1-2-4-11(10)14-15(13(12)19)21-9-16(20-14)5-7-17-8-6-16/h2-5H,6-10H2,1H3;1-4,17H,5-9H2. The Labute approximate surface area is 269 Å². The van der Waals surface area contributed by atoms with E-state index in [2.05, 4.69) is 5.32 Å². The van der Waals surface area contributed by atoms with Crippen LogP contribution in [0.15, 0.2) is 58.3 Å². The molecule has 45 heavy (non-hydrogen) atoms. The minimum absolute atomic E-state index is 0.0806. The van der Waals surface area contributed by atoms with Crippen molar-refractivity contribution in [3.63, 3.8) is 0 Å². The van der Waals surface area contributed by atoms with Gasteiger partial charge in [0, 0.05) is 79.5 Å². The van der Waals surface area contributed by atoms with Crippen LogP contribution in [0.4, 0.5) is 0 Å². The number of hydrogen-bond donors (Lipinski definition) is 1. The monoisotopic (exact) mass is 644 g/mol. The molecule has 0 bridgehead atoms. The number of Topliss-reactive ketones (excluding diaryl/α,β-unsaturated/α-hetero) is 4. The summed E-state index contributed by atoms with van der Waals surface area (Å²) in [7, 11) is 0. The average molecular weight is 645 g/mol. The first-order valence-corrected chi connectivity index (χ1v) is 17.1. The van der Waals surface area contributed by atoms with Gasteiger partial charge >= 0.3 is 0 Å². The lowest BCUT2D eigenvalue weighted by atomic mass is 9.90. The third-order valence-electron chi connectivity index (χ3n) is 9.30. The van der Waals surface area contributed by atoms with Gasteiger partial charge in [0.25, 0.3) is 0 Å². The van der Waals surface area contributed by atoms with Gasteiger partial charge in [-0.2, -0.15) is 0 Å². The van der Waals surface area contributed by atoms with Crippen LogP contribution in [-0.4, -0.2) is 82.8 Å². The zero-order valence-corrected chi connectivity index (χ0v) is 26.4. The van der Waals surface area contributed by atoms with Gasteiger partial charge in [0.1, 0.15) is 32.5 Å². The third-order valence-corrected chi connectivity index (χ3v) is 12.0. The number of ketones is 4. The van der Waals surface area contributed by atoms with E-state index >= 15 is 0 Å². The van der Waals surface area contributed by atoms with E-state index in [0.29, 0.717) is 56.9 Å². The number of allylic oxidation sites excluding steroid dienone is 2. The number of rotatable bonds is 0. The van der Waals surface area contributed by atoms with Crippen LogP contribution in [0.1, 0.15) is 64.4 Å². The number of nitrogens with one attached hydrogen (secondary N) is 1. The Morgan fingerprint density at radius 2 is 1.09 bits per heavy atom. The number of likely N-dealkylation sites (tertiary alicyclic amines) is 1. The molecule has 0 aromatic heterocycles. The summed E-state index contributed by atoms with van der Waals surface area (Å²) in [5.74, 6) is 0.868. The summed E-state index contributed by atoms with van der Waals surface area (Å²) in [5.41, 5.74) is 1.78. The number of fused-ring (bicyclic) bond motifs is 4. The number of carbonyl (C=O) groups is 5. The van der Waals surface area contributed by atoms with Gasteiger partial charge in [0.05, 0.1) is 0 Å². The normalized spacial score (nSPS) is 22.8. The van der Waals surface area contributed by atoms with Crippen LogP contribution < -0.4 is 5.32 Å². The maximum absolute atomic E-state index is 12.4. The van der Waals surface area contributed by atoms with Crippen molar-refractivity contribution in [2.24, 2.45) is 0 Å². The number of hydrogen-bond acceptors (Lipinski definition) is 10. The summed E-state index contributed by atoms with van der Waals surface area (Å²) in [4.78, 5) is 63.4. The van der Waals surface area contributed by atoms with Crippen LogP contribution in [0.5, 0.6) is 0 Å². The number of amides is 1. The van der Waals surface area contributed by atoms with Gasteiger partial charge in [0.2, 0.25) is 29.0 Å². The van der Waals surface area contributed by atoms with Crippen molar-refractivity contribution in [2.45, 2.75) is 43.8 Å². The Hall–Kier alpha value is -3.67. The number of ether oxygens (including phenoxy) is 2. The van der Waals surface area contributed by atoms with Crippen molar-refractivity contribution in [1.82, 2.24) is 10.2 Å². The SMILES string of the molecule is CC(=O)N1CCC2(CC1)CSC1=C(O2)c2ccccc2C(=O)C1=O.O=C1C(=O)c2ccccc2C2=C1SCC1(CCNCC1)O2. The van der Waals surface area contributed by atoms with Crippen molar-refractivity contribution in [1.29, 1.82) is 0 Å². The average Bonchev–Trinajstić information content (AvgIpc) is 3.07. The Morgan fingerprint density at radius 3 is 1.53 bits per heavy atom. The Bertz CT molecular complexity index is 1710. The van der Waals surface area contributed by atoms with Crippen molar-refractivity contribution < 1.29 is 33.4 Å². The second kappa shape index (κ2) is 11.6. The second-order valence-corrected chi connectivity index (χ2v) is 14.1. The van der Waals surface area contributed by atoms with Crippen molar-refractivity contribution in [3.8, 4) is 0 Å². The lowest BCUT2D eigenvalue weighted by Crippen LogP contribution is -2.50. The third kappa shape index (κ3) is 5.24. The molecule has 2 aliphatic carbocycles. The number of piperidine rings is 2. The van der Waals surface area contributed by atoms with Crippen LogP contribution in [0.25, 0.3) is 11.5 Å². The molecule has 1 N–H and O–H groups in total. The van der Waals surface area contributed by atoms with E-state index in [-0.39, 0.29) is 17.1 Å². The summed E-state index contributed by atoms with van der Waals surface area (Å²) < 4.78 is 12.6. The van der Waals surface area contributed by atoms with Gasteiger partial charge in [0.15, 0.2) is 0 Å². The zero-order chi connectivity index (χ0) is 31.3. The van der Waals surface area contributed by atoms with Crippen molar-refractivity contribution in [2.75, 3.05) is 37.7 Å². The summed E-state index contributed by atoms with van der Waals surface area (Å²) >= 11 is 2.90. The van der Waals surface area contributed by atoms with Crippen LogP contribution in [0.3, 0.4) is 0 Å². The number of benzene rings is 2. The molecule has 2 saturated heterocycles. The molecule has 11 heteroatoms. The molecular formula is C34H32N2O7S2. The van der Waals surface area contributed by atoms with E-state index in [9.17, 15) is 24.0 Å². The lowest BCUT2D eigenvalue weighted by molar-refractivity contribution is -0.132. The largest absolute Gasteiger partial charge is 0.484 e. The fraction of sp³-hybridized carbons (Fsp3) is 0.382. The molecule has 6 aliphatic rings. The van der Waals surface area contributed by atoms with Gasteiger partial charge in [-0.1, -0.05) is 48.5 Å². The molecule has 4 heterocycles. The molecule has 0 atom stereocenters. The molecule has 2 aromatic rings. The molecule has 2 aromatic carbocycles. The molecule has 9 nitrogen and oxygen atoms in total. The summed E-state index contributed by atoms with van der Waals surface area (Å²) in [6, 6.07) is 14.3. The van der Waals surface area contributed by atoms with E-state index in [0.717, 1.165) is 50.1 Å². The molecule has 0 radical (unpaired) electrons. The number of nitrogens with zero attached hydrogens (tertiary/aromatic N) is 1. The Morgan fingerprint density at radius 1 is 0.667 bits per heavy atom. The molecule has 0 unspecified atom stereocenters. The Balaban J connectivity index is 0.000000146. The van der Waals surface area contributed by atoms with Crippen molar-refractivity contribution in [3.05, 3.63) is 80.6 Å². The molecule has 232 valence electrons. The predicted molar refractivity (Wildman–Crippen MR) is 172 cm³/mol. The lowest BCUT2D eigenvalue weighted by Gasteiger charge is -2.45. The minimum Gasteiger partial charge on any atom is -0.484 e. The first-order chi connectivity index (χ1) is 21.7. The molecule has 2 spiro atoms. The van der Waals surface area contributed by atoms with E-state index in [1.807, 2.05) is 29.2 Å². The smallest absolute Gasteiger partial charge is 0.243 e. The minimum atomic E-state index is -0.468. The maximum Gasteiger partial charge on any atom is 0.243 e. The maximum atomic E-state index is 12.4. The Kier molecular flexibility index (Phi) is 7.74. The van der Waals surface area contributed by atoms with Gasteiger partial charge < -0.3 is 19.7 Å². The highest BCUT2D eigenvalue weighted by Gasteiger charge is 2.47. The van der Waals surface area contributed by atoms with Gasteiger partial charge in [-0.3, -0.25) is 24.0 Å². The van der Waals surface area contributed by atoms with E-state index in [4.69, 9.17) is 9.47 Å². The molecule has 2 fully saturated rings. The summed E-state index contributed by atoms with van der Waals surface area (Å²) in [6.07, 6.45) is 3.34. The van der Waals surface area contributed by atoms with Gasteiger partial charge in [-0.05, 0) is 13.1 Å². The molecule has 1 amide bonds.